The smallest absolute Gasteiger partial charge is 0.341 e. The first-order valence-corrected chi connectivity index (χ1v) is 11.9. The first-order chi connectivity index (χ1) is 14.9. The Morgan fingerprint density at radius 2 is 1.90 bits per heavy atom. The lowest BCUT2D eigenvalue weighted by atomic mass is 10.1. The molecule has 0 aliphatic carbocycles. The predicted molar refractivity (Wildman–Crippen MR) is 124 cm³/mol. The summed E-state index contributed by atoms with van der Waals surface area (Å²) in [5.74, 6) is 0.420. The molecule has 0 spiro atoms. The van der Waals surface area contributed by atoms with Crippen LogP contribution >= 0.6 is 23.1 Å². The van der Waals surface area contributed by atoms with Crippen molar-refractivity contribution in [2.75, 3.05) is 17.7 Å². The molecule has 3 aromatic rings. The first-order valence-electron chi connectivity index (χ1n) is 10.1. The molecule has 0 saturated heterocycles. The summed E-state index contributed by atoms with van der Waals surface area (Å²) >= 11 is 2.71. The minimum Gasteiger partial charge on any atom is -0.462 e. The molecule has 1 aromatic carbocycles. The van der Waals surface area contributed by atoms with Gasteiger partial charge >= 0.3 is 5.97 Å². The van der Waals surface area contributed by atoms with Crippen LogP contribution in [0.15, 0.2) is 35.5 Å². The van der Waals surface area contributed by atoms with Gasteiger partial charge in [0.15, 0.2) is 5.16 Å². The third-order valence-corrected chi connectivity index (χ3v) is 6.85. The molecule has 7 nitrogen and oxygen atoms in total. The van der Waals surface area contributed by atoms with E-state index in [1.807, 2.05) is 43.5 Å². The number of aromatic nitrogens is 3. The third-order valence-electron chi connectivity index (χ3n) is 4.76. The van der Waals surface area contributed by atoms with Gasteiger partial charge in [0.25, 0.3) is 0 Å². The monoisotopic (exact) mass is 458 g/mol. The number of carbonyl (C=O) groups excluding carboxylic acids is 2. The number of thioether (sulfide) groups is 1. The molecule has 0 saturated carbocycles. The number of carbonyl (C=O) groups is 2. The summed E-state index contributed by atoms with van der Waals surface area (Å²) in [6.45, 7) is 8.58. The average molecular weight is 459 g/mol. The SMILES string of the molecule is CCOC(=O)c1c(NC(=O)CSc2nnc(Cc3ccccc3)n2CC)sc(C)c1C. The standard InChI is InChI=1S/C22H26N4O3S2/c1-5-26-17(12-16-10-8-7-9-11-16)24-25-22(26)30-13-18(27)23-20-19(21(28)29-6-2)14(3)15(4)31-20/h7-11H,5-6,12-13H2,1-4H3,(H,23,27). The number of thiophene rings is 1. The van der Waals surface area contributed by atoms with Gasteiger partial charge in [0.2, 0.25) is 5.91 Å². The number of esters is 1. The van der Waals surface area contributed by atoms with Crippen LogP contribution in [0.3, 0.4) is 0 Å². The van der Waals surface area contributed by atoms with Gasteiger partial charge in [0.05, 0.1) is 17.9 Å². The zero-order chi connectivity index (χ0) is 22.4. The average Bonchev–Trinajstić information content (AvgIpc) is 3.26. The number of nitrogens with one attached hydrogen (secondary N) is 1. The van der Waals surface area contributed by atoms with Gasteiger partial charge in [-0.25, -0.2) is 4.79 Å². The molecule has 0 radical (unpaired) electrons. The predicted octanol–water partition coefficient (Wildman–Crippen LogP) is 4.47. The van der Waals surface area contributed by atoms with Crippen LogP contribution < -0.4 is 5.32 Å². The summed E-state index contributed by atoms with van der Waals surface area (Å²) in [5, 5.41) is 12.7. The molecule has 2 aromatic heterocycles. The van der Waals surface area contributed by atoms with E-state index in [1.54, 1.807) is 6.92 Å². The number of anilines is 1. The van der Waals surface area contributed by atoms with Gasteiger partial charge in [-0.2, -0.15) is 0 Å². The number of aryl methyl sites for hydroxylation is 1. The van der Waals surface area contributed by atoms with Crippen molar-refractivity contribution in [3.8, 4) is 0 Å². The third kappa shape index (κ3) is 5.54. The maximum absolute atomic E-state index is 12.6. The minimum absolute atomic E-state index is 0.168. The van der Waals surface area contributed by atoms with Gasteiger partial charge in [-0.3, -0.25) is 4.79 Å². The van der Waals surface area contributed by atoms with Crippen LogP contribution in [0.1, 0.15) is 46.0 Å². The molecule has 1 N–H and O–H groups in total. The minimum atomic E-state index is -0.413. The van der Waals surface area contributed by atoms with Gasteiger partial charge in [-0.1, -0.05) is 42.1 Å². The molecule has 0 unspecified atom stereocenters. The molecule has 2 heterocycles. The summed E-state index contributed by atoms with van der Waals surface area (Å²) in [7, 11) is 0. The molecule has 31 heavy (non-hydrogen) atoms. The van der Waals surface area contributed by atoms with Crippen LogP contribution in [0.25, 0.3) is 0 Å². The fraction of sp³-hybridized carbons (Fsp3) is 0.364. The molecule has 9 heteroatoms. The Bertz CT molecular complexity index is 1060. The highest BCUT2D eigenvalue weighted by molar-refractivity contribution is 7.99. The number of rotatable bonds is 9. The fourth-order valence-electron chi connectivity index (χ4n) is 3.11. The van der Waals surface area contributed by atoms with Crippen molar-refractivity contribution in [1.29, 1.82) is 0 Å². The summed E-state index contributed by atoms with van der Waals surface area (Å²) < 4.78 is 7.17. The van der Waals surface area contributed by atoms with E-state index in [2.05, 4.69) is 27.6 Å². The molecule has 1 amide bonds. The maximum atomic E-state index is 12.6. The van der Waals surface area contributed by atoms with Crippen molar-refractivity contribution in [3.05, 3.63) is 57.7 Å². The van der Waals surface area contributed by atoms with Crippen LogP contribution in [-0.2, 0) is 22.5 Å². The molecule has 0 fully saturated rings. The lowest BCUT2D eigenvalue weighted by Gasteiger charge is -2.08. The van der Waals surface area contributed by atoms with Crippen molar-refractivity contribution < 1.29 is 14.3 Å². The van der Waals surface area contributed by atoms with E-state index in [0.717, 1.165) is 28.4 Å². The number of hydrogen-bond donors (Lipinski definition) is 1. The van der Waals surface area contributed by atoms with E-state index >= 15 is 0 Å². The van der Waals surface area contributed by atoms with Crippen molar-refractivity contribution in [3.63, 3.8) is 0 Å². The summed E-state index contributed by atoms with van der Waals surface area (Å²) in [6.07, 6.45) is 0.686. The molecule has 3 rings (SSSR count). The fourth-order valence-corrected chi connectivity index (χ4v) is 5.00. The summed E-state index contributed by atoms with van der Waals surface area (Å²) in [5.41, 5.74) is 2.43. The Morgan fingerprint density at radius 3 is 2.58 bits per heavy atom. The second-order valence-electron chi connectivity index (χ2n) is 6.85. The normalized spacial score (nSPS) is 10.8. The number of ether oxygens (including phenoxy) is 1. The second kappa shape index (κ2) is 10.6. The van der Waals surface area contributed by atoms with Crippen molar-refractivity contribution in [2.45, 2.75) is 45.8 Å². The van der Waals surface area contributed by atoms with Gasteiger partial charge in [-0.05, 0) is 38.8 Å². The largest absolute Gasteiger partial charge is 0.462 e. The van der Waals surface area contributed by atoms with Crippen molar-refractivity contribution in [2.24, 2.45) is 0 Å². The van der Waals surface area contributed by atoms with Crippen LogP contribution in [0.5, 0.6) is 0 Å². The summed E-state index contributed by atoms with van der Waals surface area (Å²) in [4.78, 5) is 25.9. The highest BCUT2D eigenvalue weighted by Crippen LogP contribution is 2.33. The maximum Gasteiger partial charge on any atom is 0.341 e. The Morgan fingerprint density at radius 1 is 1.16 bits per heavy atom. The van der Waals surface area contributed by atoms with Gasteiger partial charge < -0.3 is 14.6 Å². The molecule has 164 valence electrons. The molecule has 0 atom stereocenters. The van der Waals surface area contributed by atoms with E-state index in [-0.39, 0.29) is 18.3 Å². The van der Waals surface area contributed by atoms with Gasteiger partial charge in [-0.15, -0.1) is 21.5 Å². The highest BCUT2D eigenvalue weighted by Gasteiger charge is 2.22. The van der Waals surface area contributed by atoms with Crippen LogP contribution in [-0.4, -0.2) is 39.0 Å². The van der Waals surface area contributed by atoms with E-state index in [9.17, 15) is 9.59 Å². The Balaban J connectivity index is 1.67. The van der Waals surface area contributed by atoms with Crippen LogP contribution in [0.2, 0.25) is 0 Å². The topological polar surface area (TPSA) is 86.1 Å². The quantitative estimate of drug-likeness (QED) is 0.376. The van der Waals surface area contributed by atoms with E-state index in [1.165, 1.54) is 23.1 Å². The van der Waals surface area contributed by atoms with Crippen molar-refractivity contribution in [1.82, 2.24) is 14.8 Å². The Labute approximate surface area is 190 Å². The molecule has 0 bridgehead atoms. The van der Waals surface area contributed by atoms with Crippen LogP contribution in [0, 0.1) is 13.8 Å². The van der Waals surface area contributed by atoms with Crippen LogP contribution in [0.4, 0.5) is 5.00 Å². The first kappa shape index (κ1) is 23.0. The van der Waals surface area contributed by atoms with Gasteiger partial charge in [0, 0.05) is 17.8 Å². The van der Waals surface area contributed by atoms with Gasteiger partial charge in [0.1, 0.15) is 10.8 Å². The lowest BCUT2D eigenvalue weighted by molar-refractivity contribution is -0.113. The van der Waals surface area contributed by atoms with E-state index < -0.39 is 5.97 Å². The van der Waals surface area contributed by atoms with Crippen molar-refractivity contribution >= 4 is 40.0 Å². The number of amides is 1. The number of nitrogens with zero attached hydrogens (tertiary/aromatic N) is 3. The Hall–Kier alpha value is -2.65. The number of benzene rings is 1. The zero-order valence-electron chi connectivity index (χ0n) is 18.1. The molecular weight excluding hydrogens is 432 g/mol. The lowest BCUT2D eigenvalue weighted by Crippen LogP contribution is -2.17. The zero-order valence-corrected chi connectivity index (χ0v) is 19.7. The Kier molecular flexibility index (Phi) is 7.86. The molecule has 0 aliphatic heterocycles. The second-order valence-corrected chi connectivity index (χ2v) is 9.02. The molecule has 0 aliphatic rings. The summed E-state index contributed by atoms with van der Waals surface area (Å²) in [6, 6.07) is 10.1. The van der Waals surface area contributed by atoms with E-state index in [4.69, 9.17) is 4.74 Å². The number of hydrogen-bond acceptors (Lipinski definition) is 7. The van der Waals surface area contributed by atoms with E-state index in [0.29, 0.717) is 22.1 Å². The highest BCUT2D eigenvalue weighted by atomic mass is 32.2. The molecular formula is C22H26N4O3S2.